The van der Waals surface area contributed by atoms with Gasteiger partial charge in [-0.25, -0.2) is 4.39 Å². The lowest BCUT2D eigenvalue weighted by molar-refractivity contribution is -0.119. The van der Waals surface area contributed by atoms with Crippen LogP contribution in [0.3, 0.4) is 0 Å². The molecule has 1 aliphatic rings. The largest absolute Gasteiger partial charge is 0.308 e. The first kappa shape index (κ1) is 18.5. The number of carbonyl (C=O) groups is 1. The van der Waals surface area contributed by atoms with E-state index in [0.29, 0.717) is 5.69 Å². The van der Waals surface area contributed by atoms with E-state index in [9.17, 15) is 13.6 Å². The number of hydrogen-bond acceptors (Lipinski definition) is 2. The predicted molar refractivity (Wildman–Crippen MR) is 99.2 cm³/mol. The number of amides is 1. The van der Waals surface area contributed by atoms with Crippen molar-refractivity contribution in [2.24, 2.45) is 0 Å². The molecule has 0 bridgehead atoms. The number of rotatable bonds is 7. The Labute approximate surface area is 153 Å². The molecule has 1 amide bonds. The first-order valence-corrected chi connectivity index (χ1v) is 9.10. The predicted octanol–water partition coefficient (Wildman–Crippen LogP) is 4.23. The van der Waals surface area contributed by atoms with Crippen molar-refractivity contribution < 1.29 is 13.6 Å². The highest BCUT2D eigenvalue weighted by Crippen LogP contribution is 2.30. The van der Waals surface area contributed by atoms with Gasteiger partial charge in [0.1, 0.15) is 5.82 Å². The maximum Gasteiger partial charge on any atom is 0.229 e. The lowest BCUT2D eigenvalue weighted by atomic mass is 10.1. The Bertz CT molecular complexity index is 706. The van der Waals surface area contributed by atoms with Gasteiger partial charge in [0.15, 0.2) is 0 Å². The van der Waals surface area contributed by atoms with Crippen LogP contribution in [0.15, 0.2) is 54.6 Å². The van der Waals surface area contributed by atoms with E-state index in [1.807, 2.05) is 18.2 Å². The van der Waals surface area contributed by atoms with E-state index in [4.69, 9.17) is 0 Å². The topological polar surface area (TPSA) is 32.3 Å². The molecule has 0 aromatic heterocycles. The van der Waals surface area contributed by atoms with Crippen molar-refractivity contribution in [3.8, 4) is 0 Å². The number of hydrogen-bond donors (Lipinski definition) is 1. The number of alkyl halides is 1. The van der Waals surface area contributed by atoms with Crippen molar-refractivity contribution in [1.29, 1.82) is 0 Å². The third-order valence-electron chi connectivity index (χ3n) is 4.90. The quantitative estimate of drug-likeness (QED) is 0.803. The summed E-state index contributed by atoms with van der Waals surface area (Å²) in [4.78, 5) is 14.3. The fourth-order valence-corrected chi connectivity index (χ4v) is 3.66. The highest BCUT2D eigenvalue weighted by molar-refractivity contribution is 5.94. The average molecular weight is 358 g/mol. The third kappa shape index (κ3) is 4.47. The molecule has 1 saturated carbocycles. The Morgan fingerprint density at radius 1 is 1.08 bits per heavy atom. The first-order chi connectivity index (χ1) is 12.7. The van der Waals surface area contributed by atoms with Crippen molar-refractivity contribution in [2.45, 2.75) is 44.3 Å². The Balaban J connectivity index is 1.77. The van der Waals surface area contributed by atoms with E-state index in [1.165, 1.54) is 17.7 Å². The fraction of sp³-hybridized carbons (Fsp3) is 0.381. The molecule has 1 fully saturated rings. The molecule has 138 valence electrons. The van der Waals surface area contributed by atoms with Crippen LogP contribution >= 0.6 is 0 Å². The molecule has 0 heterocycles. The van der Waals surface area contributed by atoms with Crippen LogP contribution in [0.4, 0.5) is 14.5 Å². The highest BCUT2D eigenvalue weighted by Gasteiger charge is 2.35. The number of nitrogens with one attached hydrogen (secondary N) is 1. The Hall–Kier alpha value is -2.27. The second-order valence-corrected chi connectivity index (χ2v) is 6.65. The van der Waals surface area contributed by atoms with Gasteiger partial charge in [-0.05, 0) is 49.1 Å². The summed E-state index contributed by atoms with van der Waals surface area (Å²) >= 11 is 0. The zero-order chi connectivity index (χ0) is 18.4. The SMILES string of the molecule is O=C(CCF)N(c1ccc(F)cc1)C1CCCC1NCc1ccccc1. The van der Waals surface area contributed by atoms with E-state index >= 15 is 0 Å². The fourth-order valence-electron chi connectivity index (χ4n) is 3.66. The summed E-state index contributed by atoms with van der Waals surface area (Å²) in [6.07, 6.45) is 2.65. The normalized spacial score (nSPS) is 19.5. The molecule has 2 atom stereocenters. The van der Waals surface area contributed by atoms with Crippen molar-refractivity contribution in [2.75, 3.05) is 11.6 Å². The zero-order valence-electron chi connectivity index (χ0n) is 14.7. The van der Waals surface area contributed by atoms with Gasteiger partial charge in [0.25, 0.3) is 0 Å². The molecule has 2 aromatic carbocycles. The molecule has 3 rings (SSSR count). The number of halogens is 2. The van der Waals surface area contributed by atoms with Crippen molar-refractivity contribution in [1.82, 2.24) is 5.32 Å². The average Bonchev–Trinajstić information content (AvgIpc) is 3.11. The van der Waals surface area contributed by atoms with Crippen LogP contribution in [0.1, 0.15) is 31.2 Å². The summed E-state index contributed by atoms with van der Waals surface area (Å²) in [7, 11) is 0. The summed E-state index contributed by atoms with van der Waals surface area (Å²) in [6, 6.07) is 16.0. The maximum absolute atomic E-state index is 13.3. The number of nitrogens with zero attached hydrogens (tertiary/aromatic N) is 1. The van der Waals surface area contributed by atoms with Crippen molar-refractivity contribution in [3.05, 3.63) is 66.0 Å². The highest BCUT2D eigenvalue weighted by atomic mass is 19.1. The number of anilines is 1. The number of carbonyl (C=O) groups excluding carboxylic acids is 1. The molecule has 26 heavy (non-hydrogen) atoms. The molecule has 2 aromatic rings. The van der Waals surface area contributed by atoms with E-state index in [1.54, 1.807) is 17.0 Å². The first-order valence-electron chi connectivity index (χ1n) is 9.10. The molecule has 0 aliphatic heterocycles. The monoisotopic (exact) mass is 358 g/mol. The zero-order valence-corrected chi connectivity index (χ0v) is 14.7. The van der Waals surface area contributed by atoms with Crippen LogP contribution in [0.5, 0.6) is 0 Å². The summed E-state index contributed by atoms with van der Waals surface area (Å²) < 4.78 is 26.1. The summed E-state index contributed by atoms with van der Waals surface area (Å²) in [5, 5.41) is 3.54. The molecule has 5 heteroatoms. The van der Waals surface area contributed by atoms with Crippen LogP contribution in [-0.2, 0) is 11.3 Å². The van der Waals surface area contributed by atoms with Gasteiger partial charge in [-0.1, -0.05) is 30.3 Å². The molecule has 2 unspecified atom stereocenters. The van der Waals surface area contributed by atoms with Gasteiger partial charge in [0.05, 0.1) is 19.1 Å². The maximum atomic E-state index is 13.3. The molecule has 0 saturated heterocycles. The molecule has 1 aliphatic carbocycles. The minimum Gasteiger partial charge on any atom is -0.308 e. The van der Waals surface area contributed by atoms with Crippen LogP contribution in [0.25, 0.3) is 0 Å². The molecule has 0 radical (unpaired) electrons. The van der Waals surface area contributed by atoms with Crippen LogP contribution in [-0.4, -0.2) is 24.7 Å². The van der Waals surface area contributed by atoms with Gasteiger partial charge in [0, 0.05) is 18.3 Å². The molecule has 0 spiro atoms. The lowest BCUT2D eigenvalue weighted by Gasteiger charge is -2.34. The van der Waals surface area contributed by atoms with Gasteiger partial charge in [-0.2, -0.15) is 0 Å². The van der Waals surface area contributed by atoms with Crippen LogP contribution < -0.4 is 10.2 Å². The van der Waals surface area contributed by atoms with Crippen molar-refractivity contribution >= 4 is 11.6 Å². The molecule has 1 N–H and O–H groups in total. The number of benzene rings is 2. The summed E-state index contributed by atoms with van der Waals surface area (Å²) in [5.74, 6) is -0.602. The van der Waals surface area contributed by atoms with Gasteiger partial charge in [-0.15, -0.1) is 0 Å². The molecular weight excluding hydrogens is 334 g/mol. The lowest BCUT2D eigenvalue weighted by Crippen LogP contribution is -2.49. The van der Waals surface area contributed by atoms with E-state index in [0.717, 1.165) is 25.8 Å². The van der Waals surface area contributed by atoms with Crippen LogP contribution in [0.2, 0.25) is 0 Å². The minimum absolute atomic E-state index is 0.0526. The second kappa shape index (κ2) is 8.90. The Morgan fingerprint density at radius 2 is 1.81 bits per heavy atom. The van der Waals surface area contributed by atoms with Gasteiger partial charge in [0.2, 0.25) is 5.91 Å². The van der Waals surface area contributed by atoms with E-state index in [2.05, 4.69) is 17.4 Å². The van der Waals surface area contributed by atoms with E-state index < -0.39 is 6.67 Å². The van der Waals surface area contributed by atoms with Crippen molar-refractivity contribution in [3.63, 3.8) is 0 Å². The second-order valence-electron chi connectivity index (χ2n) is 6.65. The Kier molecular flexibility index (Phi) is 6.34. The Morgan fingerprint density at radius 3 is 2.50 bits per heavy atom. The summed E-state index contributed by atoms with van der Waals surface area (Å²) in [5.41, 5.74) is 1.81. The summed E-state index contributed by atoms with van der Waals surface area (Å²) in [6.45, 7) is 0.0297. The van der Waals surface area contributed by atoms with Crippen LogP contribution in [0, 0.1) is 5.82 Å². The third-order valence-corrected chi connectivity index (χ3v) is 4.90. The molecular formula is C21H24F2N2O. The minimum atomic E-state index is -0.689. The van der Waals surface area contributed by atoms with Gasteiger partial charge < -0.3 is 10.2 Å². The molecule has 3 nitrogen and oxygen atoms in total. The van der Waals surface area contributed by atoms with Gasteiger partial charge in [-0.3, -0.25) is 9.18 Å². The smallest absolute Gasteiger partial charge is 0.229 e. The van der Waals surface area contributed by atoms with Gasteiger partial charge >= 0.3 is 0 Å². The standard InChI is InChI=1S/C21H24F2N2O/c22-14-13-21(26)25(18-11-9-17(23)10-12-18)20-8-4-7-19(20)24-15-16-5-2-1-3-6-16/h1-3,5-6,9-12,19-20,24H,4,7-8,13-15H2. The van der Waals surface area contributed by atoms with E-state index in [-0.39, 0.29) is 30.2 Å².